The summed E-state index contributed by atoms with van der Waals surface area (Å²) < 4.78 is 13.4. The molecule has 4 heteroatoms. The van der Waals surface area contributed by atoms with Crippen molar-refractivity contribution < 1.29 is 4.21 Å². The first-order chi connectivity index (χ1) is 4.12. The maximum Gasteiger partial charge on any atom is 0.187 e. The number of hydrogen-bond acceptors (Lipinski definition) is 2. The average molecular weight is 148 g/mol. The van der Waals surface area contributed by atoms with E-state index in [2.05, 4.69) is 4.72 Å². The van der Waals surface area contributed by atoms with Gasteiger partial charge in [0.2, 0.25) is 0 Å². The van der Waals surface area contributed by atoms with Gasteiger partial charge < -0.3 is 0 Å². The number of hydrogen-bond donors (Lipinski definition) is 2. The Balaban J connectivity index is 3.75. The van der Waals surface area contributed by atoms with Gasteiger partial charge in [-0.25, -0.2) is 0 Å². The molecule has 0 spiro atoms. The van der Waals surface area contributed by atoms with Gasteiger partial charge in [0.15, 0.2) is 6.19 Å². The zero-order chi connectivity index (χ0) is 7.33. The molecule has 9 heavy (non-hydrogen) atoms. The SMILES string of the molecule is CCC[SH](C)(=O)NC#N. The maximum atomic E-state index is 11.1. The number of nitrogens with one attached hydrogen (secondary N) is 1. The fourth-order valence-corrected chi connectivity index (χ4v) is 1.77. The molecular weight excluding hydrogens is 136 g/mol. The summed E-state index contributed by atoms with van der Waals surface area (Å²) in [7, 11) is -2.30. The Morgan fingerprint density at radius 3 is 2.67 bits per heavy atom. The molecule has 0 aromatic carbocycles. The molecule has 0 heterocycles. The van der Waals surface area contributed by atoms with E-state index < -0.39 is 10.1 Å². The van der Waals surface area contributed by atoms with Gasteiger partial charge >= 0.3 is 0 Å². The highest BCUT2D eigenvalue weighted by atomic mass is 32.3. The zero-order valence-electron chi connectivity index (χ0n) is 5.72. The van der Waals surface area contributed by atoms with Gasteiger partial charge in [0.1, 0.15) is 0 Å². The summed E-state index contributed by atoms with van der Waals surface area (Å²) in [5.74, 6) is 0.598. The summed E-state index contributed by atoms with van der Waals surface area (Å²) in [6.45, 7) is 1.94. The Kier molecular flexibility index (Phi) is 3.25. The van der Waals surface area contributed by atoms with Crippen molar-refractivity contribution in [2.75, 3.05) is 12.0 Å². The third-order valence-electron chi connectivity index (χ3n) is 0.937. The van der Waals surface area contributed by atoms with Gasteiger partial charge in [-0.1, -0.05) is 6.92 Å². The second-order valence-corrected chi connectivity index (χ2v) is 4.92. The molecule has 0 aromatic rings. The lowest BCUT2D eigenvalue weighted by Crippen LogP contribution is -2.28. The largest absolute Gasteiger partial charge is 0.266 e. The van der Waals surface area contributed by atoms with Gasteiger partial charge in [-0.05, 0) is 16.5 Å². The van der Waals surface area contributed by atoms with Crippen molar-refractivity contribution in [3.63, 3.8) is 0 Å². The molecule has 0 aromatic heterocycles. The van der Waals surface area contributed by atoms with Crippen LogP contribution in [-0.4, -0.2) is 16.2 Å². The van der Waals surface area contributed by atoms with E-state index in [4.69, 9.17) is 5.26 Å². The third kappa shape index (κ3) is 3.98. The van der Waals surface area contributed by atoms with Gasteiger partial charge in [0.25, 0.3) is 0 Å². The van der Waals surface area contributed by atoms with Crippen LogP contribution < -0.4 is 4.72 Å². The van der Waals surface area contributed by atoms with E-state index >= 15 is 0 Å². The van der Waals surface area contributed by atoms with Crippen LogP contribution in [0.15, 0.2) is 0 Å². The molecule has 0 aliphatic rings. The highest BCUT2D eigenvalue weighted by Crippen LogP contribution is 1.93. The minimum absolute atomic E-state index is 0.598. The average Bonchev–Trinajstić information content (AvgIpc) is 1.64. The van der Waals surface area contributed by atoms with Crippen LogP contribution in [0.2, 0.25) is 0 Å². The van der Waals surface area contributed by atoms with Crippen LogP contribution in [0.3, 0.4) is 0 Å². The molecule has 0 aliphatic heterocycles. The van der Waals surface area contributed by atoms with Crippen molar-refractivity contribution in [3.05, 3.63) is 0 Å². The monoisotopic (exact) mass is 148 g/mol. The molecule has 0 aliphatic carbocycles. The second-order valence-electron chi connectivity index (χ2n) is 2.05. The van der Waals surface area contributed by atoms with E-state index in [-0.39, 0.29) is 0 Å². The van der Waals surface area contributed by atoms with E-state index in [1.807, 2.05) is 6.92 Å². The summed E-state index contributed by atoms with van der Waals surface area (Å²) in [6, 6.07) is 0. The van der Waals surface area contributed by atoms with Crippen LogP contribution in [0.25, 0.3) is 0 Å². The van der Waals surface area contributed by atoms with E-state index in [9.17, 15) is 4.21 Å². The Bertz CT molecular complexity index is 161. The molecule has 3 nitrogen and oxygen atoms in total. The van der Waals surface area contributed by atoms with Crippen LogP contribution in [0.1, 0.15) is 13.3 Å². The molecule has 0 saturated heterocycles. The second kappa shape index (κ2) is 3.46. The number of nitrogens with zero attached hydrogens (tertiary/aromatic N) is 1. The van der Waals surface area contributed by atoms with Gasteiger partial charge in [0, 0.05) is 12.0 Å². The van der Waals surface area contributed by atoms with Crippen LogP contribution in [0.4, 0.5) is 0 Å². The topological polar surface area (TPSA) is 52.9 Å². The fourth-order valence-electron chi connectivity index (χ4n) is 0.588. The Labute approximate surface area is 56.6 Å². The molecule has 0 atom stereocenters. The lowest BCUT2D eigenvalue weighted by atomic mass is 10.6. The van der Waals surface area contributed by atoms with Gasteiger partial charge in [-0.2, -0.15) is 5.26 Å². The van der Waals surface area contributed by atoms with Gasteiger partial charge in [0.05, 0.1) is 0 Å². The van der Waals surface area contributed by atoms with Crippen molar-refractivity contribution in [2.24, 2.45) is 0 Å². The van der Waals surface area contributed by atoms with Crippen LogP contribution >= 0.6 is 0 Å². The first-order valence-corrected chi connectivity index (χ1v) is 5.19. The molecule has 0 bridgehead atoms. The first kappa shape index (κ1) is 8.44. The third-order valence-corrected chi connectivity index (χ3v) is 2.81. The van der Waals surface area contributed by atoms with E-state index in [1.165, 1.54) is 0 Å². The Hall–Kier alpha value is -0.560. The summed E-state index contributed by atoms with van der Waals surface area (Å²) in [5, 5.41) is 8.10. The quantitative estimate of drug-likeness (QED) is 0.337. The van der Waals surface area contributed by atoms with Crippen LogP contribution in [-0.2, 0) is 10.1 Å². The van der Waals surface area contributed by atoms with Crippen LogP contribution in [0.5, 0.6) is 0 Å². The normalized spacial score (nSPS) is 12.1. The standard InChI is InChI=1S/C5H12N2OS/c1-3-4-9(2,8)7-5-6/h9H,3-4H2,1-2H3,(H,7,8). The van der Waals surface area contributed by atoms with Crippen molar-refractivity contribution in [2.45, 2.75) is 13.3 Å². The van der Waals surface area contributed by atoms with Crippen molar-refractivity contribution >= 4 is 10.1 Å². The highest BCUT2D eigenvalue weighted by Gasteiger charge is 2.02. The summed E-state index contributed by atoms with van der Waals surface area (Å²) >= 11 is 0. The summed E-state index contributed by atoms with van der Waals surface area (Å²) in [5.41, 5.74) is 0. The Morgan fingerprint density at radius 2 is 2.33 bits per heavy atom. The lowest BCUT2D eigenvalue weighted by molar-refractivity contribution is 0.669. The molecule has 0 fully saturated rings. The smallest absolute Gasteiger partial charge is 0.187 e. The number of rotatable bonds is 3. The van der Waals surface area contributed by atoms with Crippen molar-refractivity contribution in [1.82, 2.24) is 4.72 Å². The van der Waals surface area contributed by atoms with E-state index in [0.29, 0.717) is 5.75 Å². The molecular formula is C5H12N2OS. The summed E-state index contributed by atoms with van der Waals surface area (Å²) in [4.78, 5) is 0. The zero-order valence-corrected chi connectivity index (χ0v) is 6.61. The molecule has 1 N–H and O–H groups in total. The van der Waals surface area contributed by atoms with Crippen molar-refractivity contribution in [1.29, 1.82) is 5.26 Å². The Morgan fingerprint density at radius 1 is 1.78 bits per heavy atom. The molecule has 54 valence electrons. The van der Waals surface area contributed by atoms with E-state index in [1.54, 1.807) is 12.4 Å². The number of thiol groups is 1. The van der Waals surface area contributed by atoms with Crippen LogP contribution in [0, 0.1) is 11.5 Å². The minimum Gasteiger partial charge on any atom is -0.266 e. The highest BCUT2D eigenvalue weighted by molar-refractivity contribution is 8.00. The molecule has 0 radical (unpaired) electrons. The minimum atomic E-state index is -2.30. The van der Waals surface area contributed by atoms with Crippen molar-refractivity contribution in [3.8, 4) is 6.19 Å². The predicted octanol–water partition coefficient (Wildman–Crippen LogP) is 0.0286. The fraction of sp³-hybridized carbons (Fsp3) is 0.800. The molecule has 0 amide bonds. The number of nitriles is 1. The summed E-state index contributed by atoms with van der Waals surface area (Å²) in [6.07, 6.45) is 4.11. The van der Waals surface area contributed by atoms with Gasteiger partial charge in [-0.3, -0.25) is 8.93 Å². The first-order valence-electron chi connectivity index (χ1n) is 2.85. The molecule has 0 rings (SSSR count). The van der Waals surface area contributed by atoms with Gasteiger partial charge in [-0.15, -0.1) is 0 Å². The molecule has 0 saturated carbocycles. The lowest BCUT2D eigenvalue weighted by Gasteiger charge is -2.13. The predicted molar refractivity (Wildman–Crippen MR) is 39.4 cm³/mol. The maximum absolute atomic E-state index is 11.1. The van der Waals surface area contributed by atoms with E-state index in [0.717, 1.165) is 6.42 Å². The molecule has 0 unspecified atom stereocenters.